The van der Waals surface area contributed by atoms with E-state index >= 15 is 0 Å². The lowest BCUT2D eigenvalue weighted by atomic mass is 10.1. The summed E-state index contributed by atoms with van der Waals surface area (Å²) in [4.78, 5) is 4.09. The molecule has 1 aromatic carbocycles. The third-order valence-electron chi connectivity index (χ3n) is 2.76. The summed E-state index contributed by atoms with van der Waals surface area (Å²) in [6.45, 7) is 2.06. The summed E-state index contributed by atoms with van der Waals surface area (Å²) in [7, 11) is 0. The number of anilines is 1. The van der Waals surface area contributed by atoms with E-state index in [0.717, 1.165) is 17.3 Å². The molecule has 0 saturated carbocycles. The first-order valence-electron chi connectivity index (χ1n) is 5.89. The van der Waals surface area contributed by atoms with Gasteiger partial charge in [0.05, 0.1) is 16.3 Å². The molecule has 0 aliphatic rings. The first-order chi connectivity index (χ1) is 9.38. The number of nitrogens with zero attached hydrogens (tertiary/aromatic N) is 1. The Morgan fingerprint density at radius 3 is 2.55 bits per heavy atom. The SMILES string of the molecule is Cc1ccc(CNc2c(Cl)cccc2C(F)(F)F)cn1. The van der Waals surface area contributed by atoms with Crippen molar-refractivity contribution in [1.29, 1.82) is 0 Å². The molecule has 0 aliphatic heterocycles. The molecule has 2 rings (SSSR count). The predicted octanol–water partition coefficient (Wildman–Crippen LogP) is 4.67. The number of rotatable bonds is 3. The second kappa shape index (κ2) is 5.71. The zero-order valence-corrected chi connectivity index (χ0v) is 11.4. The third-order valence-corrected chi connectivity index (χ3v) is 3.08. The van der Waals surface area contributed by atoms with Crippen LogP contribution in [0.3, 0.4) is 0 Å². The number of nitrogens with one attached hydrogen (secondary N) is 1. The fourth-order valence-corrected chi connectivity index (χ4v) is 1.97. The van der Waals surface area contributed by atoms with E-state index in [9.17, 15) is 13.2 Å². The van der Waals surface area contributed by atoms with Crippen molar-refractivity contribution in [3.05, 3.63) is 58.4 Å². The number of hydrogen-bond acceptors (Lipinski definition) is 2. The molecule has 0 saturated heterocycles. The number of aryl methyl sites for hydroxylation is 1. The fourth-order valence-electron chi connectivity index (χ4n) is 1.73. The number of hydrogen-bond donors (Lipinski definition) is 1. The van der Waals surface area contributed by atoms with Gasteiger partial charge in [0, 0.05) is 18.4 Å². The summed E-state index contributed by atoms with van der Waals surface area (Å²) in [5.74, 6) is 0. The highest BCUT2D eigenvalue weighted by Gasteiger charge is 2.34. The Morgan fingerprint density at radius 2 is 1.95 bits per heavy atom. The van der Waals surface area contributed by atoms with Crippen LogP contribution in [0.4, 0.5) is 18.9 Å². The average Bonchev–Trinajstić information content (AvgIpc) is 2.38. The fraction of sp³-hybridized carbons (Fsp3) is 0.214. The van der Waals surface area contributed by atoms with Crippen molar-refractivity contribution in [2.24, 2.45) is 0 Å². The van der Waals surface area contributed by atoms with Crippen molar-refractivity contribution in [3.8, 4) is 0 Å². The molecule has 0 atom stereocenters. The Labute approximate surface area is 119 Å². The molecule has 1 heterocycles. The lowest BCUT2D eigenvalue weighted by Crippen LogP contribution is -2.11. The van der Waals surface area contributed by atoms with Crippen molar-refractivity contribution in [2.75, 3.05) is 5.32 Å². The zero-order valence-electron chi connectivity index (χ0n) is 10.6. The molecule has 6 heteroatoms. The van der Waals surface area contributed by atoms with E-state index in [1.54, 1.807) is 18.3 Å². The highest BCUT2D eigenvalue weighted by molar-refractivity contribution is 6.33. The highest BCUT2D eigenvalue weighted by Crippen LogP contribution is 2.38. The topological polar surface area (TPSA) is 24.9 Å². The summed E-state index contributed by atoms with van der Waals surface area (Å²) in [5, 5.41) is 2.77. The normalized spacial score (nSPS) is 11.4. The number of halogens is 4. The van der Waals surface area contributed by atoms with E-state index < -0.39 is 11.7 Å². The minimum Gasteiger partial charge on any atom is -0.379 e. The van der Waals surface area contributed by atoms with Crippen LogP contribution in [-0.2, 0) is 12.7 Å². The summed E-state index contributed by atoms with van der Waals surface area (Å²) in [6, 6.07) is 7.31. The van der Waals surface area contributed by atoms with Gasteiger partial charge in [-0.15, -0.1) is 0 Å². The van der Waals surface area contributed by atoms with Crippen molar-refractivity contribution in [2.45, 2.75) is 19.6 Å². The maximum absolute atomic E-state index is 12.9. The number of alkyl halides is 3. The van der Waals surface area contributed by atoms with Gasteiger partial charge in [0.25, 0.3) is 0 Å². The molecule has 0 unspecified atom stereocenters. The van der Waals surface area contributed by atoms with Crippen LogP contribution in [0.1, 0.15) is 16.8 Å². The van der Waals surface area contributed by atoms with Gasteiger partial charge in [0.15, 0.2) is 0 Å². The molecule has 0 spiro atoms. The maximum Gasteiger partial charge on any atom is 0.418 e. The Balaban J connectivity index is 2.23. The summed E-state index contributed by atoms with van der Waals surface area (Å²) in [5.41, 5.74) is 0.749. The van der Waals surface area contributed by atoms with Crippen molar-refractivity contribution >= 4 is 17.3 Å². The van der Waals surface area contributed by atoms with Crippen LogP contribution in [0.25, 0.3) is 0 Å². The van der Waals surface area contributed by atoms with Crippen LogP contribution >= 0.6 is 11.6 Å². The first-order valence-corrected chi connectivity index (χ1v) is 6.27. The second-order valence-electron chi connectivity index (χ2n) is 4.32. The van der Waals surface area contributed by atoms with E-state index in [-0.39, 0.29) is 17.3 Å². The predicted molar refractivity (Wildman–Crippen MR) is 72.8 cm³/mol. The van der Waals surface area contributed by atoms with Gasteiger partial charge in [0.1, 0.15) is 0 Å². The molecule has 0 bridgehead atoms. The molecule has 1 aromatic heterocycles. The molecule has 0 aliphatic carbocycles. The van der Waals surface area contributed by atoms with E-state index in [0.29, 0.717) is 0 Å². The zero-order chi connectivity index (χ0) is 14.8. The minimum absolute atomic E-state index is 0.0416. The third kappa shape index (κ3) is 3.42. The summed E-state index contributed by atoms with van der Waals surface area (Å²) >= 11 is 5.85. The molecule has 0 radical (unpaired) electrons. The second-order valence-corrected chi connectivity index (χ2v) is 4.73. The van der Waals surface area contributed by atoms with Gasteiger partial charge >= 0.3 is 6.18 Å². The van der Waals surface area contributed by atoms with Crippen LogP contribution in [0.5, 0.6) is 0 Å². The Kier molecular flexibility index (Phi) is 4.18. The number of aromatic nitrogens is 1. The van der Waals surface area contributed by atoms with Gasteiger partial charge in [-0.25, -0.2) is 0 Å². The maximum atomic E-state index is 12.9. The standard InChI is InChI=1S/C14H12ClF3N2/c1-9-5-6-10(7-19-9)8-20-13-11(14(16,17)18)3-2-4-12(13)15/h2-7,20H,8H2,1H3. The molecule has 1 N–H and O–H groups in total. The summed E-state index contributed by atoms with van der Waals surface area (Å²) < 4.78 is 38.7. The Morgan fingerprint density at radius 1 is 1.20 bits per heavy atom. The van der Waals surface area contributed by atoms with Crippen LogP contribution in [0.15, 0.2) is 36.5 Å². The molecule has 0 fully saturated rings. The number of para-hydroxylation sites is 1. The van der Waals surface area contributed by atoms with Crippen LogP contribution in [0.2, 0.25) is 5.02 Å². The van der Waals surface area contributed by atoms with Crippen LogP contribution in [0, 0.1) is 6.92 Å². The largest absolute Gasteiger partial charge is 0.418 e. The van der Waals surface area contributed by atoms with E-state index in [1.807, 2.05) is 6.92 Å². The van der Waals surface area contributed by atoms with Gasteiger partial charge in [0.2, 0.25) is 0 Å². The van der Waals surface area contributed by atoms with Crippen molar-refractivity contribution < 1.29 is 13.2 Å². The van der Waals surface area contributed by atoms with Gasteiger partial charge in [-0.05, 0) is 30.7 Å². The molecule has 2 aromatic rings. The van der Waals surface area contributed by atoms with E-state index in [4.69, 9.17) is 11.6 Å². The van der Waals surface area contributed by atoms with E-state index in [1.165, 1.54) is 12.1 Å². The minimum atomic E-state index is -4.45. The Bertz CT molecular complexity index is 594. The molecule has 0 amide bonds. The monoisotopic (exact) mass is 300 g/mol. The van der Waals surface area contributed by atoms with Gasteiger partial charge in [-0.1, -0.05) is 23.7 Å². The van der Waals surface area contributed by atoms with Gasteiger partial charge in [-0.2, -0.15) is 13.2 Å². The molecule has 20 heavy (non-hydrogen) atoms. The van der Waals surface area contributed by atoms with E-state index in [2.05, 4.69) is 10.3 Å². The number of benzene rings is 1. The smallest absolute Gasteiger partial charge is 0.379 e. The molecule has 106 valence electrons. The quantitative estimate of drug-likeness (QED) is 0.890. The molecular formula is C14H12ClF3N2. The van der Waals surface area contributed by atoms with Crippen molar-refractivity contribution in [3.63, 3.8) is 0 Å². The van der Waals surface area contributed by atoms with Crippen LogP contribution < -0.4 is 5.32 Å². The summed E-state index contributed by atoms with van der Waals surface area (Å²) in [6.07, 6.45) is -2.83. The highest BCUT2D eigenvalue weighted by atomic mass is 35.5. The lowest BCUT2D eigenvalue weighted by molar-refractivity contribution is -0.136. The van der Waals surface area contributed by atoms with Gasteiger partial charge in [-0.3, -0.25) is 4.98 Å². The number of pyridine rings is 1. The first kappa shape index (κ1) is 14.7. The Hall–Kier alpha value is -1.75. The lowest BCUT2D eigenvalue weighted by Gasteiger charge is -2.16. The molecule has 2 nitrogen and oxygen atoms in total. The molecular weight excluding hydrogens is 289 g/mol. The van der Waals surface area contributed by atoms with Crippen molar-refractivity contribution in [1.82, 2.24) is 4.98 Å². The van der Waals surface area contributed by atoms with Gasteiger partial charge < -0.3 is 5.32 Å². The van der Waals surface area contributed by atoms with Crippen LogP contribution in [-0.4, -0.2) is 4.98 Å². The average molecular weight is 301 g/mol.